The molecule has 1 N–H and O–H groups in total. The number of benzene rings is 1. The van der Waals surface area contributed by atoms with Crippen LogP contribution >= 0.6 is 23.2 Å². The average molecular weight is 401 g/mol. The quantitative estimate of drug-likeness (QED) is 0.573. The average Bonchev–Trinajstić information content (AvgIpc) is 2.91. The van der Waals surface area contributed by atoms with Crippen LogP contribution in [0, 0.1) is 0 Å². The molecule has 4 rings (SSSR count). The molecule has 0 bridgehead atoms. The SMILES string of the molecule is Cn1c(=O)c(Cc2cccc(Cl)c2Cl)c2[nH]c(-c3ccncc3)cc(=O)n21. The number of nitrogens with zero attached hydrogens (tertiary/aromatic N) is 3. The van der Waals surface area contributed by atoms with Gasteiger partial charge in [-0.3, -0.25) is 14.6 Å². The van der Waals surface area contributed by atoms with Crippen molar-refractivity contribution in [2.24, 2.45) is 7.05 Å². The Morgan fingerprint density at radius 3 is 2.59 bits per heavy atom. The van der Waals surface area contributed by atoms with Gasteiger partial charge in [0.05, 0.1) is 21.3 Å². The highest BCUT2D eigenvalue weighted by atomic mass is 35.5. The lowest BCUT2D eigenvalue weighted by Gasteiger charge is -2.06. The number of aryl methyl sites for hydroxylation is 1. The van der Waals surface area contributed by atoms with Gasteiger partial charge in [-0.2, -0.15) is 4.52 Å². The lowest BCUT2D eigenvalue weighted by Crippen LogP contribution is -2.24. The molecule has 0 amide bonds. The summed E-state index contributed by atoms with van der Waals surface area (Å²) in [4.78, 5) is 32.6. The fourth-order valence-electron chi connectivity index (χ4n) is 3.12. The molecule has 8 heteroatoms. The van der Waals surface area contributed by atoms with Gasteiger partial charge in [0.25, 0.3) is 11.1 Å². The Balaban J connectivity index is 1.96. The molecule has 0 aliphatic carbocycles. The summed E-state index contributed by atoms with van der Waals surface area (Å²) in [6.07, 6.45) is 3.53. The van der Waals surface area contributed by atoms with Crippen LogP contribution in [0.4, 0.5) is 0 Å². The third-order valence-electron chi connectivity index (χ3n) is 4.47. The molecule has 0 radical (unpaired) electrons. The number of pyridine rings is 1. The minimum atomic E-state index is -0.307. The predicted molar refractivity (Wildman–Crippen MR) is 106 cm³/mol. The summed E-state index contributed by atoms with van der Waals surface area (Å²) in [6.45, 7) is 0. The summed E-state index contributed by atoms with van der Waals surface area (Å²) in [6, 6.07) is 10.3. The summed E-state index contributed by atoms with van der Waals surface area (Å²) in [5.41, 5.74) is 2.40. The maximum absolute atomic E-state index is 12.8. The molecule has 3 aromatic heterocycles. The number of hydrogen-bond acceptors (Lipinski definition) is 3. The fraction of sp³-hybridized carbons (Fsp3) is 0.105. The largest absolute Gasteiger partial charge is 0.339 e. The number of rotatable bonds is 3. The van der Waals surface area contributed by atoms with E-state index in [1.165, 1.54) is 15.3 Å². The van der Waals surface area contributed by atoms with Gasteiger partial charge in [0.2, 0.25) is 0 Å². The number of aromatic nitrogens is 4. The Hall–Kier alpha value is -2.83. The first-order valence-corrected chi connectivity index (χ1v) is 8.90. The van der Waals surface area contributed by atoms with Crippen molar-refractivity contribution in [3.8, 4) is 11.3 Å². The Kier molecular flexibility index (Phi) is 4.37. The van der Waals surface area contributed by atoms with Crippen molar-refractivity contribution >= 4 is 28.8 Å². The molecule has 27 heavy (non-hydrogen) atoms. The van der Waals surface area contributed by atoms with Gasteiger partial charge in [-0.1, -0.05) is 35.3 Å². The molecule has 4 aromatic rings. The summed E-state index contributed by atoms with van der Waals surface area (Å²) in [5, 5.41) is 0.814. The van der Waals surface area contributed by atoms with E-state index >= 15 is 0 Å². The molecule has 0 unspecified atom stereocenters. The molecule has 0 saturated carbocycles. The van der Waals surface area contributed by atoms with E-state index in [1.54, 1.807) is 43.7 Å². The number of hydrogen-bond donors (Lipinski definition) is 1. The van der Waals surface area contributed by atoms with Crippen molar-refractivity contribution in [3.63, 3.8) is 0 Å². The molecule has 0 spiro atoms. The van der Waals surface area contributed by atoms with E-state index in [4.69, 9.17) is 23.2 Å². The first-order valence-electron chi connectivity index (χ1n) is 8.14. The van der Waals surface area contributed by atoms with Gasteiger partial charge in [0, 0.05) is 37.5 Å². The van der Waals surface area contributed by atoms with Crippen molar-refractivity contribution in [3.05, 3.63) is 90.7 Å². The van der Waals surface area contributed by atoms with E-state index in [9.17, 15) is 9.59 Å². The molecule has 136 valence electrons. The summed E-state index contributed by atoms with van der Waals surface area (Å²) < 4.78 is 2.61. The van der Waals surface area contributed by atoms with Crippen LogP contribution in [-0.4, -0.2) is 19.2 Å². The van der Waals surface area contributed by atoms with Crippen molar-refractivity contribution in [1.29, 1.82) is 0 Å². The zero-order valence-electron chi connectivity index (χ0n) is 14.2. The Morgan fingerprint density at radius 1 is 1.11 bits per heavy atom. The molecular weight excluding hydrogens is 387 g/mol. The van der Waals surface area contributed by atoms with Crippen LogP contribution < -0.4 is 11.1 Å². The second kappa shape index (κ2) is 6.72. The van der Waals surface area contributed by atoms with Gasteiger partial charge in [-0.25, -0.2) is 4.68 Å². The molecule has 0 aliphatic heterocycles. The summed E-state index contributed by atoms with van der Waals surface area (Å²) in [5.74, 6) is 0. The van der Waals surface area contributed by atoms with Crippen molar-refractivity contribution in [2.75, 3.05) is 0 Å². The molecule has 6 nitrogen and oxygen atoms in total. The fourth-order valence-corrected chi connectivity index (χ4v) is 3.51. The Morgan fingerprint density at radius 2 is 1.85 bits per heavy atom. The second-order valence-corrected chi connectivity index (χ2v) is 6.90. The van der Waals surface area contributed by atoms with Gasteiger partial charge in [-0.05, 0) is 23.8 Å². The first kappa shape index (κ1) is 17.6. The highest BCUT2D eigenvalue weighted by Gasteiger charge is 2.18. The van der Waals surface area contributed by atoms with Gasteiger partial charge in [0.15, 0.2) is 0 Å². The van der Waals surface area contributed by atoms with Gasteiger partial charge < -0.3 is 4.98 Å². The van der Waals surface area contributed by atoms with Gasteiger partial charge in [0.1, 0.15) is 5.65 Å². The Bertz CT molecular complexity index is 1270. The number of H-pyrrole nitrogens is 1. The van der Waals surface area contributed by atoms with Crippen LogP contribution in [0.3, 0.4) is 0 Å². The molecule has 0 aliphatic rings. The minimum Gasteiger partial charge on any atom is -0.339 e. The standard InChI is InChI=1S/C19H14Cl2N4O2/c1-24-19(27)13(9-12-3-2-4-14(20)17(12)21)18-23-15(10-16(26)25(18)24)11-5-7-22-8-6-11/h2-8,10,23H,9H2,1H3. The number of fused-ring (bicyclic) bond motifs is 1. The van der Waals surface area contributed by atoms with Crippen LogP contribution in [0.15, 0.2) is 58.4 Å². The topological polar surface area (TPSA) is 72.2 Å². The minimum absolute atomic E-state index is 0.248. The maximum Gasteiger partial charge on any atom is 0.273 e. The molecule has 3 heterocycles. The zero-order valence-corrected chi connectivity index (χ0v) is 15.8. The highest BCUT2D eigenvalue weighted by Crippen LogP contribution is 2.27. The van der Waals surface area contributed by atoms with E-state index in [2.05, 4.69) is 9.97 Å². The molecule has 0 atom stereocenters. The third kappa shape index (κ3) is 2.97. The van der Waals surface area contributed by atoms with E-state index in [0.717, 1.165) is 5.56 Å². The van der Waals surface area contributed by atoms with Crippen LogP contribution in [-0.2, 0) is 13.5 Å². The molecule has 0 fully saturated rings. The van der Waals surface area contributed by atoms with E-state index in [-0.39, 0.29) is 17.5 Å². The summed E-state index contributed by atoms with van der Waals surface area (Å²) in [7, 11) is 1.56. The normalized spacial score (nSPS) is 11.2. The van der Waals surface area contributed by atoms with Crippen molar-refractivity contribution in [2.45, 2.75) is 6.42 Å². The molecule has 1 aromatic carbocycles. The number of aromatic amines is 1. The van der Waals surface area contributed by atoms with E-state index < -0.39 is 0 Å². The number of nitrogens with one attached hydrogen (secondary N) is 1. The zero-order chi connectivity index (χ0) is 19.1. The van der Waals surface area contributed by atoms with Crippen LogP contribution in [0.25, 0.3) is 16.9 Å². The van der Waals surface area contributed by atoms with E-state index in [0.29, 0.717) is 32.5 Å². The van der Waals surface area contributed by atoms with Crippen LogP contribution in [0.5, 0.6) is 0 Å². The summed E-state index contributed by atoms with van der Waals surface area (Å²) >= 11 is 12.4. The van der Waals surface area contributed by atoms with Gasteiger partial charge in [-0.15, -0.1) is 0 Å². The smallest absolute Gasteiger partial charge is 0.273 e. The monoisotopic (exact) mass is 400 g/mol. The van der Waals surface area contributed by atoms with Crippen molar-refractivity contribution in [1.82, 2.24) is 19.2 Å². The van der Waals surface area contributed by atoms with Crippen LogP contribution in [0.2, 0.25) is 10.0 Å². The number of halogens is 2. The maximum atomic E-state index is 12.8. The van der Waals surface area contributed by atoms with Gasteiger partial charge >= 0.3 is 0 Å². The predicted octanol–water partition coefficient (Wildman–Crippen LogP) is 3.29. The lowest BCUT2D eigenvalue weighted by atomic mass is 10.1. The second-order valence-electron chi connectivity index (χ2n) is 6.11. The van der Waals surface area contributed by atoms with Crippen LogP contribution in [0.1, 0.15) is 11.1 Å². The lowest BCUT2D eigenvalue weighted by molar-refractivity contribution is 0.659. The van der Waals surface area contributed by atoms with Crippen molar-refractivity contribution < 1.29 is 0 Å². The molecular formula is C19H14Cl2N4O2. The Labute approximate surface area is 163 Å². The molecule has 0 saturated heterocycles. The first-order chi connectivity index (χ1) is 13.0. The third-order valence-corrected chi connectivity index (χ3v) is 5.33. The highest BCUT2D eigenvalue weighted by molar-refractivity contribution is 6.42. The van der Waals surface area contributed by atoms with E-state index in [1.807, 2.05) is 6.07 Å².